The summed E-state index contributed by atoms with van der Waals surface area (Å²) < 4.78 is 0. The van der Waals surface area contributed by atoms with Crippen LogP contribution >= 0.6 is 0 Å². The zero-order valence-corrected chi connectivity index (χ0v) is 10.9. The van der Waals surface area contributed by atoms with Gasteiger partial charge in [-0.2, -0.15) is 5.10 Å². The van der Waals surface area contributed by atoms with Gasteiger partial charge in [0.25, 0.3) is 0 Å². The number of hydrogen-bond donors (Lipinski definition) is 3. The van der Waals surface area contributed by atoms with Crippen molar-refractivity contribution in [2.75, 3.05) is 0 Å². The molecule has 3 N–H and O–H groups in total. The summed E-state index contributed by atoms with van der Waals surface area (Å²) in [5, 5.41) is 18.4. The zero-order valence-electron chi connectivity index (χ0n) is 10.9. The maximum atomic E-state index is 11.0. The van der Waals surface area contributed by atoms with Gasteiger partial charge in [-0.05, 0) is 24.3 Å². The lowest BCUT2D eigenvalue weighted by atomic mass is 10.1. The van der Waals surface area contributed by atoms with Gasteiger partial charge < -0.3 is 10.1 Å². The number of aromatic carboxylic acids is 1. The summed E-state index contributed by atoms with van der Waals surface area (Å²) in [6.45, 7) is 0. The number of aromatic amines is 2. The van der Waals surface area contributed by atoms with Crippen LogP contribution in [0.2, 0.25) is 0 Å². The Morgan fingerprint density at radius 2 is 1.90 bits per heavy atom. The molecule has 0 saturated carbocycles. The van der Waals surface area contributed by atoms with Crippen LogP contribution in [0.15, 0.2) is 48.5 Å². The Balaban J connectivity index is 1.92. The highest BCUT2D eigenvalue weighted by atomic mass is 16.4. The highest BCUT2D eigenvalue weighted by Gasteiger charge is 2.11. The Morgan fingerprint density at radius 3 is 2.76 bits per heavy atom. The van der Waals surface area contributed by atoms with Crippen LogP contribution in [0.4, 0.5) is 0 Å². The third kappa shape index (κ3) is 1.79. The van der Waals surface area contributed by atoms with E-state index in [0.29, 0.717) is 0 Å². The van der Waals surface area contributed by atoms with Gasteiger partial charge in [-0.1, -0.05) is 24.3 Å². The Morgan fingerprint density at radius 1 is 1.05 bits per heavy atom. The molecule has 0 radical (unpaired) electrons. The number of nitrogens with one attached hydrogen (secondary N) is 2. The summed E-state index contributed by atoms with van der Waals surface area (Å²) >= 11 is 0. The molecule has 0 unspecified atom stereocenters. The van der Waals surface area contributed by atoms with Gasteiger partial charge in [0.2, 0.25) is 0 Å². The Hall–Kier alpha value is -3.08. The predicted molar refractivity (Wildman–Crippen MR) is 80.3 cm³/mol. The number of hydrogen-bond acceptors (Lipinski definition) is 2. The van der Waals surface area contributed by atoms with Gasteiger partial charge >= 0.3 is 5.97 Å². The molecule has 0 aliphatic heterocycles. The first-order chi connectivity index (χ1) is 10.2. The first-order valence-corrected chi connectivity index (χ1v) is 6.52. The molecule has 0 bridgehead atoms. The van der Waals surface area contributed by atoms with Crippen LogP contribution in [0.5, 0.6) is 0 Å². The molecular formula is C16H11N3O2. The SMILES string of the molecule is O=C(O)c1ccc2cc(-c3n[nH]c4ccccc34)[nH]c2c1. The summed E-state index contributed by atoms with van der Waals surface area (Å²) in [6.07, 6.45) is 0. The molecule has 4 rings (SSSR count). The summed E-state index contributed by atoms with van der Waals surface area (Å²) in [5.41, 5.74) is 3.72. The lowest BCUT2D eigenvalue weighted by molar-refractivity contribution is 0.0697. The van der Waals surface area contributed by atoms with Crippen molar-refractivity contribution in [3.63, 3.8) is 0 Å². The first-order valence-electron chi connectivity index (χ1n) is 6.52. The van der Waals surface area contributed by atoms with Gasteiger partial charge in [-0.3, -0.25) is 5.10 Å². The van der Waals surface area contributed by atoms with Crippen LogP contribution in [0.25, 0.3) is 33.2 Å². The van der Waals surface area contributed by atoms with Crippen molar-refractivity contribution in [2.45, 2.75) is 0 Å². The molecule has 5 heteroatoms. The third-order valence-electron chi connectivity index (χ3n) is 3.59. The van der Waals surface area contributed by atoms with Crippen molar-refractivity contribution < 1.29 is 9.90 Å². The first kappa shape index (κ1) is 11.7. The van der Waals surface area contributed by atoms with Crippen molar-refractivity contribution in [2.24, 2.45) is 0 Å². The maximum Gasteiger partial charge on any atom is 0.335 e. The van der Waals surface area contributed by atoms with Gasteiger partial charge in [0.05, 0.1) is 16.8 Å². The summed E-state index contributed by atoms with van der Waals surface area (Å²) in [5.74, 6) is -0.932. The van der Waals surface area contributed by atoms with E-state index in [2.05, 4.69) is 15.2 Å². The molecular weight excluding hydrogens is 266 g/mol. The number of carboxylic acids is 1. The minimum Gasteiger partial charge on any atom is -0.478 e. The maximum absolute atomic E-state index is 11.0. The minimum absolute atomic E-state index is 0.266. The van der Waals surface area contributed by atoms with E-state index in [1.165, 1.54) is 0 Å². The Labute approximate surface area is 119 Å². The average molecular weight is 277 g/mol. The molecule has 0 saturated heterocycles. The van der Waals surface area contributed by atoms with Crippen LogP contribution < -0.4 is 0 Å². The molecule has 0 aliphatic rings. The summed E-state index contributed by atoms with van der Waals surface area (Å²) in [4.78, 5) is 14.3. The molecule has 2 aromatic heterocycles. The van der Waals surface area contributed by atoms with Crippen molar-refractivity contribution >= 4 is 27.8 Å². The lowest BCUT2D eigenvalue weighted by Crippen LogP contribution is -1.94. The van der Waals surface area contributed by atoms with Gasteiger partial charge in [-0.25, -0.2) is 4.79 Å². The summed E-state index contributed by atoms with van der Waals surface area (Å²) in [7, 11) is 0. The molecule has 0 fully saturated rings. The standard InChI is InChI=1S/C16H11N3O2/c20-16(21)10-6-5-9-7-14(17-13(9)8-10)15-11-3-1-2-4-12(11)18-19-15/h1-8,17H,(H,18,19)(H,20,21). The molecule has 0 aliphatic carbocycles. The van der Waals surface area contributed by atoms with Gasteiger partial charge in [0.15, 0.2) is 0 Å². The van der Waals surface area contributed by atoms with Crippen LogP contribution in [0, 0.1) is 0 Å². The normalized spacial score (nSPS) is 11.2. The van der Waals surface area contributed by atoms with Crippen LogP contribution in [0.3, 0.4) is 0 Å². The van der Waals surface area contributed by atoms with E-state index < -0.39 is 5.97 Å². The smallest absolute Gasteiger partial charge is 0.335 e. The molecule has 102 valence electrons. The van der Waals surface area contributed by atoms with Crippen LogP contribution in [0.1, 0.15) is 10.4 Å². The predicted octanol–water partition coefficient (Wildman–Crippen LogP) is 3.41. The van der Waals surface area contributed by atoms with E-state index in [0.717, 1.165) is 33.2 Å². The quantitative estimate of drug-likeness (QED) is 0.525. The highest BCUT2D eigenvalue weighted by molar-refractivity contribution is 5.98. The molecule has 2 heterocycles. The third-order valence-corrected chi connectivity index (χ3v) is 3.59. The van der Waals surface area contributed by atoms with Crippen molar-refractivity contribution in [1.82, 2.24) is 15.2 Å². The molecule has 5 nitrogen and oxygen atoms in total. The molecule has 0 atom stereocenters. The number of benzene rings is 2. The fourth-order valence-corrected chi connectivity index (χ4v) is 2.56. The number of para-hydroxylation sites is 1. The van der Waals surface area contributed by atoms with Crippen molar-refractivity contribution in [1.29, 1.82) is 0 Å². The molecule has 0 spiro atoms. The molecule has 0 amide bonds. The van der Waals surface area contributed by atoms with E-state index in [1.807, 2.05) is 30.3 Å². The molecule has 4 aromatic rings. The number of fused-ring (bicyclic) bond motifs is 2. The second-order valence-corrected chi connectivity index (χ2v) is 4.91. The van der Waals surface area contributed by atoms with E-state index in [1.54, 1.807) is 18.2 Å². The fourth-order valence-electron chi connectivity index (χ4n) is 2.56. The number of carboxylic acid groups (broad SMARTS) is 1. The molecule has 2 aromatic carbocycles. The van der Waals surface area contributed by atoms with Crippen LogP contribution in [-0.2, 0) is 0 Å². The van der Waals surface area contributed by atoms with Crippen molar-refractivity contribution in [3.8, 4) is 11.4 Å². The second kappa shape index (κ2) is 4.21. The minimum atomic E-state index is -0.932. The molecule has 21 heavy (non-hydrogen) atoms. The highest BCUT2D eigenvalue weighted by Crippen LogP contribution is 2.28. The number of H-pyrrole nitrogens is 2. The largest absolute Gasteiger partial charge is 0.478 e. The number of rotatable bonds is 2. The van der Waals surface area contributed by atoms with Gasteiger partial charge in [-0.15, -0.1) is 0 Å². The fraction of sp³-hybridized carbons (Fsp3) is 0. The Bertz CT molecular complexity index is 981. The number of aromatic nitrogens is 3. The van der Waals surface area contributed by atoms with E-state index in [-0.39, 0.29) is 5.56 Å². The second-order valence-electron chi connectivity index (χ2n) is 4.91. The van der Waals surface area contributed by atoms with Crippen molar-refractivity contribution in [3.05, 3.63) is 54.1 Å². The van der Waals surface area contributed by atoms with E-state index in [4.69, 9.17) is 5.11 Å². The lowest BCUT2D eigenvalue weighted by Gasteiger charge is -1.94. The monoisotopic (exact) mass is 277 g/mol. The van der Waals surface area contributed by atoms with Gasteiger partial charge in [0.1, 0.15) is 5.69 Å². The van der Waals surface area contributed by atoms with E-state index >= 15 is 0 Å². The van der Waals surface area contributed by atoms with Crippen LogP contribution in [-0.4, -0.2) is 26.3 Å². The average Bonchev–Trinajstić information content (AvgIpc) is 3.09. The topological polar surface area (TPSA) is 81.8 Å². The zero-order chi connectivity index (χ0) is 14.4. The number of nitrogens with zero attached hydrogens (tertiary/aromatic N) is 1. The Kier molecular flexibility index (Phi) is 2.35. The number of carbonyl (C=O) groups is 1. The van der Waals surface area contributed by atoms with E-state index in [9.17, 15) is 4.79 Å². The summed E-state index contributed by atoms with van der Waals surface area (Å²) in [6, 6.07) is 14.9. The van der Waals surface area contributed by atoms with Gasteiger partial charge in [0, 0.05) is 16.3 Å².